The number of rotatable bonds is 4. The molecule has 146 valence electrons. The summed E-state index contributed by atoms with van der Waals surface area (Å²) in [5.74, 6) is 0.440. The van der Waals surface area contributed by atoms with Crippen LogP contribution in [0.5, 0.6) is 5.75 Å². The van der Waals surface area contributed by atoms with Gasteiger partial charge in [-0.05, 0) is 43.2 Å². The van der Waals surface area contributed by atoms with Crippen molar-refractivity contribution < 1.29 is 17.9 Å². The Hall–Kier alpha value is -2.64. The molecule has 2 aromatic carbocycles. The highest BCUT2D eigenvalue weighted by Crippen LogP contribution is 2.27. The number of sulfonamides is 1. The monoisotopic (exact) mass is 398 g/mol. The Labute approximate surface area is 164 Å². The van der Waals surface area contributed by atoms with E-state index >= 15 is 0 Å². The topological polar surface area (TPSA) is 75.7 Å². The number of benzene rings is 2. The number of fused-ring (bicyclic) bond motifs is 1. The fourth-order valence-corrected chi connectivity index (χ4v) is 5.01. The SMILES string of the molecule is O=C(Nc1cccc(S(=O)(=O)N2CCCCC2)c1)C1=Cc2ccccc2OC1. The van der Waals surface area contributed by atoms with Gasteiger partial charge in [0, 0.05) is 24.3 Å². The normalized spacial score (nSPS) is 17.2. The Balaban J connectivity index is 1.52. The molecule has 0 saturated carbocycles. The van der Waals surface area contributed by atoms with Crippen molar-refractivity contribution in [1.29, 1.82) is 0 Å². The maximum Gasteiger partial charge on any atom is 0.255 e. The van der Waals surface area contributed by atoms with E-state index in [9.17, 15) is 13.2 Å². The number of nitrogens with one attached hydrogen (secondary N) is 1. The molecule has 2 aromatic rings. The number of para-hydroxylation sites is 1. The maximum absolute atomic E-state index is 12.8. The zero-order chi connectivity index (χ0) is 19.6. The van der Waals surface area contributed by atoms with Crippen LogP contribution in [0.2, 0.25) is 0 Å². The summed E-state index contributed by atoms with van der Waals surface area (Å²) in [6.45, 7) is 1.26. The Bertz CT molecular complexity index is 1020. The molecule has 6 nitrogen and oxygen atoms in total. The highest BCUT2D eigenvalue weighted by atomic mass is 32.2. The van der Waals surface area contributed by atoms with E-state index in [0.717, 1.165) is 30.6 Å². The van der Waals surface area contributed by atoms with E-state index in [0.29, 0.717) is 24.4 Å². The fourth-order valence-electron chi connectivity index (χ4n) is 3.45. The molecule has 0 bridgehead atoms. The van der Waals surface area contributed by atoms with Crippen molar-refractivity contribution in [3.8, 4) is 5.75 Å². The van der Waals surface area contributed by atoms with Crippen LogP contribution in [0.3, 0.4) is 0 Å². The Morgan fingerprint density at radius 1 is 1.00 bits per heavy atom. The number of piperidine rings is 1. The van der Waals surface area contributed by atoms with Gasteiger partial charge in [-0.25, -0.2) is 8.42 Å². The Kier molecular flexibility index (Phi) is 5.19. The first-order valence-corrected chi connectivity index (χ1v) is 10.8. The van der Waals surface area contributed by atoms with E-state index < -0.39 is 10.0 Å². The van der Waals surface area contributed by atoms with Crippen molar-refractivity contribution in [3.05, 3.63) is 59.7 Å². The van der Waals surface area contributed by atoms with E-state index in [-0.39, 0.29) is 17.4 Å². The highest BCUT2D eigenvalue weighted by molar-refractivity contribution is 7.89. The van der Waals surface area contributed by atoms with Crippen LogP contribution >= 0.6 is 0 Å². The maximum atomic E-state index is 12.8. The fraction of sp³-hybridized carbons (Fsp3) is 0.286. The number of carbonyl (C=O) groups excluding carboxylic acids is 1. The average Bonchev–Trinajstić information content (AvgIpc) is 2.74. The third-order valence-corrected chi connectivity index (χ3v) is 6.86. The second-order valence-electron chi connectivity index (χ2n) is 6.94. The van der Waals surface area contributed by atoms with E-state index in [1.807, 2.05) is 24.3 Å². The molecule has 2 aliphatic rings. The summed E-state index contributed by atoms with van der Waals surface area (Å²) < 4.78 is 32.8. The number of ether oxygens (including phenoxy) is 1. The molecule has 28 heavy (non-hydrogen) atoms. The van der Waals surface area contributed by atoms with Crippen molar-refractivity contribution in [2.75, 3.05) is 25.0 Å². The van der Waals surface area contributed by atoms with Gasteiger partial charge in [-0.2, -0.15) is 4.31 Å². The van der Waals surface area contributed by atoms with Crippen molar-refractivity contribution in [1.82, 2.24) is 4.31 Å². The summed E-state index contributed by atoms with van der Waals surface area (Å²) in [7, 11) is -3.54. The minimum atomic E-state index is -3.54. The standard InChI is InChI=1S/C21H22N2O4S/c24-21(17-13-16-7-2-3-10-20(16)27-15-17)22-18-8-6-9-19(14-18)28(25,26)23-11-4-1-5-12-23/h2-3,6-10,13-14H,1,4-5,11-12,15H2,(H,22,24). The van der Waals surface area contributed by atoms with Gasteiger partial charge in [-0.1, -0.05) is 30.7 Å². The number of anilines is 1. The zero-order valence-corrected chi connectivity index (χ0v) is 16.2. The first kappa shape index (κ1) is 18.7. The zero-order valence-electron chi connectivity index (χ0n) is 15.4. The van der Waals surface area contributed by atoms with Gasteiger partial charge in [0.25, 0.3) is 5.91 Å². The van der Waals surface area contributed by atoms with Crippen molar-refractivity contribution in [3.63, 3.8) is 0 Å². The van der Waals surface area contributed by atoms with Crippen LogP contribution in [0.15, 0.2) is 59.0 Å². The van der Waals surface area contributed by atoms with Crippen LogP contribution in [0.4, 0.5) is 5.69 Å². The lowest BCUT2D eigenvalue weighted by atomic mass is 10.1. The smallest absolute Gasteiger partial charge is 0.255 e. The third kappa shape index (κ3) is 3.81. The van der Waals surface area contributed by atoms with Crippen molar-refractivity contribution >= 4 is 27.7 Å². The summed E-state index contributed by atoms with van der Waals surface area (Å²) in [5.41, 5.74) is 1.78. The number of hydrogen-bond donors (Lipinski definition) is 1. The highest BCUT2D eigenvalue weighted by Gasteiger charge is 2.26. The molecule has 1 fully saturated rings. The van der Waals surface area contributed by atoms with Crippen LogP contribution < -0.4 is 10.1 Å². The quantitative estimate of drug-likeness (QED) is 0.858. The molecule has 0 spiro atoms. The predicted octanol–water partition coefficient (Wildman–Crippen LogP) is 3.28. The first-order valence-electron chi connectivity index (χ1n) is 9.38. The van der Waals surface area contributed by atoms with Crippen LogP contribution in [0.1, 0.15) is 24.8 Å². The second-order valence-corrected chi connectivity index (χ2v) is 8.88. The number of amides is 1. The molecule has 4 rings (SSSR count). The summed E-state index contributed by atoms with van der Waals surface area (Å²) >= 11 is 0. The molecule has 2 heterocycles. The van der Waals surface area contributed by atoms with Gasteiger partial charge in [0.1, 0.15) is 12.4 Å². The lowest BCUT2D eigenvalue weighted by Crippen LogP contribution is -2.35. The van der Waals surface area contributed by atoms with Gasteiger partial charge in [0.05, 0.1) is 10.5 Å². The first-order chi connectivity index (χ1) is 13.5. The molecular formula is C21H22N2O4S. The molecule has 1 saturated heterocycles. The average molecular weight is 398 g/mol. The number of nitrogens with zero attached hydrogens (tertiary/aromatic N) is 1. The predicted molar refractivity (Wildman–Crippen MR) is 108 cm³/mol. The van der Waals surface area contributed by atoms with Crippen LogP contribution in [0.25, 0.3) is 6.08 Å². The van der Waals surface area contributed by atoms with Crippen LogP contribution in [-0.4, -0.2) is 38.3 Å². The molecule has 0 aromatic heterocycles. The van der Waals surface area contributed by atoms with Gasteiger partial charge in [-0.3, -0.25) is 4.79 Å². The van der Waals surface area contributed by atoms with E-state index in [1.165, 1.54) is 10.4 Å². The van der Waals surface area contributed by atoms with Gasteiger partial charge in [0.2, 0.25) is 10.0 Å². The molecule has 1 amide bonds. The number of hydrogen-bond acceptors (Lipinski definition) is 4. The third-order valence-electron chi connectivity index (χ3n) is 4.97. The largest absolute Gasteiger partial charge is 0.488 e. The summed E-state index contributed by atoms with van der Waals surface area (Å²) in [6, 6.07) is 13.9. The second kappa shape index (κ2) is 7.77. The molecule has 7 heteroatoms. The minimum Gasteiger partial charge on any atom is -0.488 e. The molecule has 0 radical (unpaired) electrons. The molecular weight excluding hydrogens is 376 g/mol. The van der Waals surface area contributed by atoms with E-state index in [2.05, 4.69) is 5.32 Å². The van der Waals surface area contributed by atoms with E-state index in [1.54, 1.807) is 24.3 Å². The van der Waals surface area contributed by atoms with Crippen molar-refractivity contribution in [2.45, 2.75) is 24.2 Å². The lowest BCUT2D eigenvalue weighted by molar-refractivity contribution is -0.113. The molecule has 0 atom stereocenters. The van der Waals surface area contributed by atoms with E-state index in [4.69, 9.17) is 4.74 Å². The summed E-state index contributed by atoms with van der Waals surface area (Å²) in [6.07, 6.45) is 4.61. The summed E-state index contributed by atoms with van der Waals surface area (Å²) in [5, 5.41) is 2.79. The van der Waals surface area contributed by atoms with Crippen LogP contribution in [-0.2, 0) is 14.8 Å². The Morgan fingerprint density at radius 2 is 1.79 bits per heavy atom. The molecule has 2 aliphatic heterocycles. The Morgan fingerprint density at radius 3 is 2.61 bits per heavy atom. The van der Waals surface area contributed by atoms with Crippen LogP contribution in [0, 0.1) is 0 Å². The van der Waals surface area contributed by atoms with Gasteiger partial charge in [0.15, 0.2) is 0 Å². The van der Waals surface area contributed by atoms with Gasteiger partial charge < -0.3 is 10.1 Å². The molecule has 0 aliphatic carbocycles. The lowest BCUT2D eigenvalue weighted by Gasteiger charge is -2.26. The van der Waals surface area contributed by atoms with Gasteiger partial charge >= 0.3 is 0 Å². The van der Waals surface area contributed by atoms with Gasteiger partial charge in [-0.15, -0.1) is 0 Å². The number of carbonyl (C=O) groups is 1. The van der Waals surface area contributed by atoms with Crippen molar-refractivity contribution in [2.24, 2.45) is 0 Å². The molecule has 1 N–H and O–H groups in total. The molecule has 0 unspecified atom stereocenters. The summed E-state index contributed by atoms with van der Waals surface area (Å²) in [4.78, 5) is 12.8. The minimum absolute atomic E-state index is 0.175.